The molecular weight excluding hydrogens is 318 g/mol. The highest BCUT2D eigenvalue weighted by molar-refractivity contribution is 5.89. The highest BCUT2D eigenvalue weighted by Gasteiger charge is 2.12. The lowest BCUT2D eigenvalue weighted by molar-refractivity contribution is 0.415. The number of nitrogens with zero attached hydrogens (tertiary/aromatic N) is 1. The Labute approximate surface area is 154 Å². The Kier molecular flexibility index (Phi) is 4.32. The van der Waals surface area contributed by atoms with Gasteiger partial charge in [-0.25, -0.2) is 0 Å². The number of ether oxygens (including phenoxy) is 1. The van der Waals surface area contributed by atoms with Gasteiger partial charge in [0.15, 0.2) is 0 Å². The van der Waals surface area contributed by atoms with Gasteiger partial charge in [0, 0.05) is 17.1 Å². The zero-order valence-corrected chi connectivity index (χ0v) is 15.0. The number of hydrogen-bond donors (Lipinski definition) is 0. The first-order valence-corrected chi connectivity index (χ1v) is 8.74. The number of fused-ring (bicyclic) bond motifs is 1. The van der Waals surface area contributed by atoms with E-state index in [2.05, 4.69) is 84.6 Å². The molecule has 0 spiro atoms. The van der Waals surface area contributed by atoms with Crippen LogP contribution in [0.4, 0.5) is 17.1 Å². The van der Waals surface area contributed by atoms with Crippen LogP contribution >= 0.6 is 0 Å². The fourth-order valence-corrected chi connectivity index (χ4v) is 3.25. The highest BCUT2D eigenvalue weighted by Crippen LogP contribution is 2.36. The Bertz CT molecular complexity index is 1020. The van der Waals surface area contributed by atoms with Crippen molar-refractivity contribution >= 4 is 27.8 Å². The molecule has 0 radical (unpaired) electrons. The van der Waals surface area contributed by atoms with Crippen LogP contribution in [0.5, 0.6) is 5.75 Å². The van der Waals surface area contributed by atoms with Gasteiger partial charge in [-0.3, -0.25) is 0 Å². The Balaban J connectivity index is 1.85. The largest absolute Gasteiger partial charge is 0.497 e. The lowest BCUT2D eigenvalue weighted by atomic mass is 10.1. The average Bonchev–Trinajstić information content (AvgIpc) is 2.69. The number of para-hydroxylation sites is 1. The maximum atomic E-state index is 5.31. The predicted molar refractivity (Wildman–Crippen MR) is 110 cm³/mol. The van der Waals surface area contributed by atoms with Gasteiger partial charge >= 0.3 is 0 Å². The first-order valence-electron chi connectivity index (χ1n) is 8.74. The number of benzene rings is 4. The molecule has 0 heterocycles. The van der Waals surface area contributed by atoms with Crippen molar-refractivity contribution in [3.63, 3.8) is 0 Å². The standard InChI is InChI=1S/C24H21NO/c1-18-8-9-20-17-23(11-10-19(20)16-18)25(21-6-4-3-5-7-21)22-12-14-24(26-2)15-13-22/h3-17H,1-2H3. The summed E-state index contributed by atoms with van der Waals surface area (Å²) in [5.41, 5.74) is 4.64. The van der Waals surface area contributed by atoms with Crippen LogP contribution in [-0.4, -0.2) is 7.11 Å². The van der Waals surface area contributed by atoms with Gasteiger partial charge < -0.3 is 9.64 Å². The van der Waals surface area contributed by atoms with Crippen LogP contribution in [-0.2, 0) is 0 Å². The van der Waals surface area contributed by atoms with Gasteiger partial charge in [-0.1, -0.05) is 48.0 Å². The fourth-order valence-electron chi connectivity index (χ4n) is 3.25. The molecule has 0 aliphatic carbocycles. The molecular formula is C24H21NO. The molecule has 0 bridgehead atoms. The zero-order valence-electron chi connectivity index (χ0n) is 15.0. The molecule has 0 saturated carbocycles. The van der Waals surface area contributed by atoms with E-state index >= 15 is 0 Å². The van der Waals surface area contributed by atoms with Crippen LogP contribution < -0.4 is 9.64 Å². The molecule has 2 heteroatoms. The minimum Gasteiger partial charge on any atom is -0.497 e. The molecule has 4 aromatic rings. The average molecular weight is 339 g/mol. The first-order chi connectivity index (χ1) is 12.7. The summed E-state index contributed by atoms with van der Waals surface area (Å²) in [6, 6.07) is 31.8. The summed E-state index contributed by atoms with van der Waals surface area (Å²) in [6.45, 7) is 2.13. The van der Waals surface area contributed by atoms with Crippen molar-refractivity contribution < 1.29 is 4.74 Å². The van der Waals surface area contributed by atoms with Crippen molar-refractivity contribution in [2.24, 2.45) is 0 Å². The van der Waals surface area contributed by atoms with E-state index < -0.39 is 0 Å². The van der Waals surface area contributed by atoms with E-state index in [9.17, 15) is 0 Å². The molecule has 0 fully saturated rings. The van der Waals surface area contributed by atoms with Gasteiger partial charge in [0.2, 0.25) is 0 Å². The van der Waals surface area contributed by atoms with Crippen molar-refractivity contribution in [1.82, 2.24) is 0 Å². The molecule has 26 heavy (non-hydrogen) atoms. The van der Waals surface area contributed by atoms with Crippen molar-refractivity contribution in [3.8, 4) is 5.75 Å². The van der Waals surface area contributed by atoms with E-state index in [1.807, 2.05) is 18.2 Å². The van der Waals surface area contributed by atoms with Crippen LogP contribution in [0.15, 0.2) is 91.0 Å². The Morgan fingerprint density at radius 2 is 1.23 bits per heavy atom. The van der Waals surface area contributed by atoms with Gasteiger partial charge in [0.05, 0.1) is 7.11 Å². The van der Waals surface area contributed by atoms with Gasteiger partial charge in [0.25, 0.3) is 0 Å². The van der Waals surface area contributed by atoms with Crippen LogP contribution in [0.3, 0.4) is 0 Å². The number of rotatable bonds is 4. The van der Waals surface area contributed by atoms with Crippen LogP contribution in [0.2, 0.25) is 0 Å². The topological polar surface area (TPSA) is 12.5 Å². The smallest absolute Gasteiger partial charge is 0.119 e. The Morgan fingerprint density at radius 3 is 1.96 bits per heavy atom. The maximum absolute atomic E-state index is 5.31. The summed E-state index contributed by atoms with van der Waals surface area (Å²) in [5.74, 6) is 0.857. The summed E-state index contributed by atoms with van der Waals surface area (Å²) in [4.78, 5) is 2.26. The minimum atomic E-state index is 0.857. The van der Waals surface area contributed by atoms with Crippen molar-refractivity contribution in [2.75, 3.05) is 12.0 Å². The third kappa shape index (κ3) is 3.14. The number of anilines is 3. The molecule has 0 saturated heterocycles. The van der Waals surface area contributed by atoms with Gasteiger partial charge in [-0.15, -0.1) is 0 Å². The van der Waals surface area contributed by atoms with Crippen molar-refractivity contribution in [2.45, 2.75) is 6.92 Å². The molecule has 0 unspecified atom stereocenters. The molecule has 4 rings (SSSR count). The molecule has 0 aliphatic heterocycles. The van der Waals surface area contributed by atoms with Crippen LogP contribution in [0, 0.1) is 6.92 Å². The maximum Gasteiger partial charge on any atom is 0.119 e. The molecule has 0 aliphatic rings. The van der Waals surface area contributed by atoms with Gasteiger partial charge in [-0.2, -0.15) is 0 Å². The third-order valence-corrected chi connectivity index (χ3v) is 4.58. The second kappa shape index (κ2) is 6.93. The van der Waals surface area contributed by atoms with E-state index in [0.29, 0.717) is 0 Å². The summed E-state index contributed by atoms with van der Waals surface area (Å²) >= 11 is 0. The summed E-state index contributed by atoms with van der Waals surface area (Å²) in [7, 11) is 1.69. The third-order valence-electron chi connectivity index (χ3n) is 4.58. The van der Waals surface area contributed by atoms with E-state index in [4.69, 9.17) is 4.74 Å². The number of hydrogen-bond acceptors (Lipinski definition) is 2. The van der Waals surface area contributed by atoms with Gasteiger partial charge in [-0.05, 0) is 66.2 Å². The zero-order chi connectivity index (χ0) is 17.9. The van der Waals surface area contributed by atoms with E-state index in [1.54, 1.807) is 7.11 Å². The summed E-state index contributed by atoms with van der Waals surface area (Å²) in [6.07, 6.45) is 0. The Morgan fingerprint density at radius 1 is 0.615 bits per heavy atom. The van der Waals surface area contributed by atoms with E-state index in [1.165, 1.54) is 16.3 Å². The minimum absolute atomic E-state index is 0.857. The SMILES string of the molecule is COc1ccc(N(c2ccccc2)c2ccc3cc(C)ccc3c2)cc1. The fraction of sp³-hybridized carbons (Fsp3) is 0.0833. The molecule has 0 aromatic heterocycles. The first kappa shape index (κ1) is 16.2. The molecule has 0 atom stereocenters. The predicted octanol–water partition coefficient (Wildman–Crippen LogP) is 6.63. The highest BCUT2D eigenvalue weighted by atomic mass is 16.5. The van der Waals surface area contributed by atoms with Gasteiger partial charge in [0.1, 0.15) is 5.75 Å². The van der Waals surface area contributed by atoms with Crippen molar-refractivity contribution in [1.29, 1.82) is 0 Å². The number of aryl methyl sites for hydroxylation is 1. The Hall–Kier alpha value is -3.26. The van der Waals surface area contributed by atoms with Crippen LogP contribution in [0.25, 0.3) is 10.8 Å². The lowest BCUT2D eigenvalue weighted by Crippen LogP contribution is -2.09. The second-order valence-corrected chi connectivity index (χ2v) is 6.40. The molecule has 0 N–H and O–H groups in total. The molecule has 2 nitrogen and oxygen atoms in total. The van der Waals surface area contributed by atoms with Crippen LogP contribution in [0.1, 0.15) is 5.56 Å². The summed E-state index contributed by atoms with van der Waals surface area (Å²) in [5, 5.41) is 2.50. The quantitative estimate of drug-likeness (QED) is 0.414. The summed E-state index contributed by atoms with van der Waals surface area (Å²) < 4.78 is 5.31. The molecule has 128 valence electrons. The normalized spacial score (nSPS) is 10.7. The lowest BCUT2D eigenvalue weighted by Gasteiger charge is -2.26. The number of methoxy groups -OCH3 is 1. The second-order valence-electron chi connectivity index (χ2n) is 6.40. The molecule has 0 amide bonds. The molecule has 4 aromatic carbocycles. The van der Waals surface area contributed by atoms with Crippen molar-refractivity contribution in [3.05, 3.63) is 96.6 Å². The van der Waals surface area contributed by atoms with E-state index in [0.717, 1.165) is 22.8 Å². The monoisotopic (exact) mass is 339 g/mol. The van der Waals surface area contributed by atoms with E-state index in [-0.39, 0.29) is 0 Å².